The van der Waals surface area contributed by atoms with Crippen molar-refractivity contribution in [1.82, 2.24) is 10.3 Å². The van der Waals surface area contributed by atoms with Gasteiger partial charge < -0.3 is 15.3 Å². The lowest BCUT2D eigenvalue weighted by atomic mass is 10.1. The van der Waals surface area contributed by atoms with Crippen LogP contribution in [0.4, 0.5) is 10.1 Å². The lowest BCUT2D eigenvalue weighted by Crippen LogP contribution is -2.36. The summed E-state index contributed by atoms with van der Waals surface area (Å²) < 4.78 is 14.5. The molecule has 1 aromatic heterocycles. The molecule has 2 heterocycles. The first-order chi connectivity index (χ1) is 13.1. The number of nitrogens with one attached hydrogen (secondary N) is 1. The standard InChI is InChI=1S/C21H24FN3O2/c22-19-10-14(3-4-20(19)25-8-5-16(26)6-9-25)12-24-21(27)18-11-17(18)15-2-1-7-23-13-15/h1-4,7,10,13,16-18,26H,5-6,8-9,11-12H2,(H,24,27)/t17-,18-/m1/s1. The summed E-state index contributed by atoms with van der Waals surface area (Å²) in [5.41, 5.74) is 2.41. The lowest BCUT2D eigenvalue weighted by molar-refractivity contribution is -0.122. The van der Waals surface area contributed by atoms with Crippen LogP contribution in [0.15, 0.2) is 42.7 Å². The van der Waals surface area contributed by atoms with Crippen LogP contribution < -0.4 is 10.2 Å². The molecule has 0 unspecified atom stereocenters. The first-order valence-electron chi connectivity index (χ1n) is 9.51. The summed E-state index contributed by atoms with van der Waals surface area (Å²) in [5.74, 6) is -0.0403. The second kappa shape index (κ2) is 7.64. The van der Waals surface area contributed by atoms with Gasteiger partial charge in [-0.15, -0.1) is 0 Å². The van der Waals surface area contributed by atoms with E-state index in [4.69, 9.17) is 0 Å². The van der Waals surface area contributed by atoms with E-state index in [2.05, 4.69) is 10.3 Å². The SMILES string of the molecule is O=C(NCc1ccc(N2CCC(O)CC2)c(F)c1)[C@@H]1C[C@@H]1c1cccnc1. The van der Waals surface area contributed by atoms with Gasteiger partial charge >= 0.3 is 0 Å². The van der Waals surface area contributed by atoms with Gasteiger partial charge in [-0.2, -0.15) is 0 Å². The summed E-state index contributed by atoms with van der Waals surface area (Å²) in [7, 11) is 0. The number of hydrogen-bond donors (Lipinski definition) is 2. The van der Waals surface area contributed by atoms with E-state index in [0.717, 1.165) is 17.5 Å². The maximum Gasteiger partial charge on any atom is 0.224 e. The average molecular weight is 369 g/mol. The first-order valence-corrected chi connectivity index (χ1v) is 9.51. The molecule has 4 rings (SSSR count). The monoisotopic (exact) mass is 369 g/mol. The molecule has 2 aliphatic rings. The van der Waals surface area contributed by atoms with Crippen molar-refractivity contribution in [3.05, 3.63) is 59.7 Å². The van der Waals surface area contributed by atoms with Crippen molar-refractivity contribution in [2.24, 2.45) is 5.92 Å². The Labute approximate surface area is 158 Å². The van der Waals surface area contributed by atoms with Gasteiger partial charge in [0.25, 0.3) is 0 Å². The smallest absolute Gasteiger partial charge is 0.224 e. The van der Waals surface area contributed by atoms with Gasteiger partial charge in [0.15, 0.2) is 0 Å². The molecule has 0 radical (unpaired) electrons. The van der Waals surface area contributed by atoms with Crippen molar-refractivity contribution in [2.75, 3.05) is 18.0 Å². The van der Waals surface area contributed by atoms with E-state index in [9.17, 15) is 14.3 Å². The third-order valence-corrected chi connectivity index (χ3v) is 5.52. The highest BCUT2D eigenvalue weighted by atomic mass is 19.1. The quantitative estimate of drug-likeness (QED) is 0.850. The third kappa shape index (κ3) is 4.11. The minimum Gasteiger partial charge on any atom is -0.393 e. The number of carbonyl (C=O) groups excluding carboxylic acids is 1. The zero-order chi connectivity index (χ0) is 18.8. The predicted octanol–water partition coefficient (Wildman–Crippen LogP) is 2.60. The summed E-state index contributed by atoms with van der Waals surface area (Å²) in [6.45, 7) is 1.64. The van der Waals surface area contributed by atoms with Gasteiger partial charge in [-0.1, -0.05) is 12.1 Å². The van der Waals surface area contributed by atoms with Crippen LogP contribution in [0, 0.1) is 11.7 Å². The number of nitrogens with zero attached hydrogens (tertiary/aromatic N) is 2. The molecule has 1 saturated heterocycles. The summed E-state index contributed by atoms with van der Waals surface area (Å²) in [4.78, 5) is 18.4. The molecule has 1 aliphatic heterocycles. The molecule has 0 spiro atoms. The third-order valence-electron chi connectivity index (χ3n) is 5.52. The fourth-order valence-corrected chi connectivity index (χ4v) is 3.79. The summed E-state index contributed by atoms with van der Waals surface area (Å²) in [6, 6.07) is 9.00. The number of hydrogen-bond acceptors (Lipinski definition) is 4. The molecule has 2 aromatic rings. The Bertz CT molecular complexity index is 806. The zero-order valence-electron chi connectivity index (χ0n) is 15.1. The van der Waals surface area contributed by atoms with Crippen molar-refractivity contribution in [1.29, 1.82) is 0 Å². The molecular formula is C21H24FN3O2. The van der Waals surface area contributed by atoms with E-state index in [-0.39, 0.29) is 29.7 Å². The molecule has 0 bridgehead atoms. The molecule has 142 valence electrons. The number of pyridine rings is 1. The normalized spacial score (nSPS) is 22.5. The van der Waals surface area contributed by atoms with Crippen LogP contribution in [0.25, 0.3) is 0 Å². The maximum atomic E-state index is 14.5. The molecule has 2 fully saturated rings. The number of benzene rings is 1. The number of halogens is 1. The van der Waals surface area contributed by atoms with Gasteiger partial charge in [0.1, 0.15) is 5.82 Å². The highest BCUT2D eigenvalue weighted by molar-refractivity contribution is 5.82. The molecular weight excluding hydrogens is 345 g/mol. The number of aliphatic hydroxyl groups excluding tert-OH is 1. The largest absolute Gasteiger partial charge is 0.393 e. The summed E-state index contributed by atoms with van der Waals surface area (Å²) >= 11 is 0. The molecule has 6 heteroatoms. The van der Waals surface area contributed by atoms with Crippen molar-refractivity contribution in [2.45, 2.75) is 37.8 Å². The predicted molar refractivity (Wildman–Crippen MR) is 101 cm³/mol. The van der Waals surface area contributed by atoms with Gasteiger partial charge in [0.2, 0.25) is 5.91 Å². The fraction of sp³-hybridized carbons (Fsp3) is 0.429. The number of aromatic nitrogens is 1. The first kappa shape index (κ1) is 17.9. The Kier molecular flexibility index (Phi) is 5.07. The molecule has 1 aromatic carbocycles. The second-order valence-electron chi connectivity index (χ2n) is 7.46. The number of aliphatic hydroxyl groups is 1. The minimum absolute atomic E-state index is 0.0124. The Morgan fingerprint density at radius 3 is 2.81 bits per heavy atom. The number of piperidine rings is 1. The van der Waals surface area contributed by atoms with Gasteiger partial charge in [0.05, 0.1) is 11.8 Å². The van der Waals surface area contributed by atoms with Crippen LogP contribution in [-0.2, 0) is 11.3 Å². The van der Waals surface area contributed by atoms with Crippen molar-refractivity contribution in [3.63, 3.8) is 0 Å². The van der Waals surface area contributed by atoms with Crippen molar-refractivity contribution >= 4 is 11.6 Å². The van der Waals surface area contributed by atoms with E-state index in [1.807, 2.05) is 29.3 Å². The lowest BCUT2D eigenvalue weighted by Gasteiger charge is -2.31. The number of anilines is 1. The zero-order valence-corrected chi connectivity index (χ0v) is 15.1. The van der Waals surface area contributed by atoms with E-state index < -0.39 is 0 Å². The molecule has 5 nitrogen and oxygen atoms in total. The van der Waals surface area contributed by atoms with Crippen LogP contribution in [0.5, 0.6) is 0 Å². The molecule has 1 aliphatic carbocycles. The Hall–Kier alpha value is -2.47. The second-order valence-corrected chi connectivity index (χ2v) is 7.46. The molecule has 27 heavy (non-hydrogen) atoms. The fourth-order valence-electron chi connectivity index (χ4n) is 3.79. The van der Waals surface area contributed by atoms with Crippen molar-refractivity contribution in [3.8, 4) is 0 Å². The van der Waals surface area contributed by atoms with E-state index in [0.29, 0.717) is 38.2 Å². The van der Waals surface area contributed by atoms with E-state index >= 15 is 0 Å². The van der Waals surface area contributed by atoms with Crippen LogP contribution in [0.2, 0.25) is 0 Å². The highest BCUT2D eigenvalue weighted by Gasteiger charge is 2.43. The Morgan fingerprint density at radius 2 is 2.11 bits per heavy atom. The highest BCUT2D eigenvalue weighted by Crippen LogP contribution is 2.47. The van der Waals surface area contributed by atoms with E-state index in [1.54, 1.807) is 12.3 Å². The Balaban J connectivity index is 1.31. The average Bonchev–Trinajstić information content (AvgIpc) is 3.49. The summed E-state index contributed by atoms with van der Waals surface area (Å²) in [6.07, 6.45) is 5.42. The minimum atomic E-state index is -0.281. The van der Waals surface area contributed by atoms with Gasteiger partial charge in [-0.3, -0.25) is 9.78 Å². The topological polar surface area (TPSA) is 65.5 Å². The Morgan fingerprint density at radius 1 is 1.30 bits per heavy atom. The van der Waals surface area contributed by atoms with Gasteiger partial charge in [-0.05, 0) is 54.5 Å². The van der Waals surface area contributed by atoms with Crippen LogP contribution >= 0.6 is 0 Å². The summed E-state index contributed by atoms with van der Waals surface area (Å²) in [5, 5.41) is 12.5. The molecule has 1 saturated carbocycles. The molecule has 1 amide bonds. The number of amides is 1. The van der Waals surface area contributed by atoms with Gasteiger partial charge in [-0.25, -0.2) is 4.39 Å². The number of carbonyl (C=O) groups is 1. The van der Waals surface area contributed by atoms with Crippen LogP contribution in [-0.4, -0.2) is 35.2 Å². The van der Waals surface area contributed by atoms with Crippen LogP contribution in [0.3, 0.4) is 0 Å². The maximum absolute atomic E-state index is 14.5. The molecule has 2 N–H and O–H groups in total. The van der Waals surface area contributed by atoms with Gasteiger partial charge in [0, 0.05) is 37.9 Å². The molecule has 2 atom stereocenters. The van der Waals surface area contributed by atoms with Crippen LogP contribution in [0.1, 0.15) is 36.3 Å². The van der Waals surface area contributed by atoms with E-state index in [1.165, 1.54) is 6.07 Å². The number of rotatable bonds is 5. The van der Waals surface area contributed by atoms with Crippen molar-refractivity contribution < 1.29 is 14.3 Å².